The van der Waals surface area contributed by atoms with Crippen LogP contribution in [0.2, 0.25) is 5.02 Å². The summed E-state index contributed by atoms with van der Waals surface area (Å²) in [5.74, 6) is 0.882. The Balaban J connectivity index is 2.03. The molecule has 0 amide bonds. The summed E-state index contributed by atoms with van der Waals surface area (Å²) in [4.78, 5) is 4.81. The van der Waals surface area contributed by atoms with Gasteiger partial charge in [0.1, 0.15) is 5.75 Å². The molecule has 0 atom stereocenters. The quantitative estimate of drug-likeness (QED) is 0.467. The van der Waals surface area contributed by atoms with Crippen LogP contribution < -0.4 is 9.47 Å². The van der Waals surface area contributed by atoms with Crippen molar-refractivity contribution in [2.24, 2.45) is 0 Å². The highest BCUT2D eigenvalue weighted by atomic mass is 35.5. The Hall–Kier alpha value is -3.24. The van der Waals surface area contributed by atoms with E-state index in [1.807, 2.05) is 54.6 Å². The van der Waals surface area contributed by atoms with Crippen molar-refractivity contribution < 1.29 is 14.6 Å². The molecule has 1 N–H and O–H groups in total. The zero-order chi connectivity index (χ0) is 19.7. The zero-order valence-corrected chi connectivity index (χ0v) is 16.2. The maximum atomic E-state index is 10.1. The molecule has 0 aliphatic carbocycles. The molecule has 0 aliphatic rings. The van der Waals surface area contributed by atoms with Gasteiger partial charge in [0.25, 0.3) is 0 Å². The zero-order valence-electron chi connectivity index (χ0n) is 15.4. The third-order valence-corrected chi connectivity index (χ3v) is 4.87. The van der Waals surface area contributed by atoms with Gasteiger partial charge in [-0.1, -0.05) is 41.9 Å². The van der Waals surface area contributed by atoms with Gasteiger partial charge in [-0.3, -0.25) is 0 Å². The summed E-state index contributed by atoms with van der Waals surface area (Å²) < 4.78 is 10.8. The van der Waals surface area contributed by atoms with Crippen molar-refractivity contribution >= 4 is 22.5 Å². The van der Waals surface area contributed by atoms with Crippen molar-refractivity contribution in [3.63, 3.8) is 0 Å². The molecule has 0 radical (unpaired) electrons. The molecule has 28 heavy (non-hydrogen) atoms. The third kappa shape index (κ3) is 3.23. The number of aromatic nitrogens is 1. The van der Waals surface area contributed by atoms with E-state index in [0.29, 0.717) is 22.2 Å². The molecule has 0 unspecified atom stereocenters. The van der Waals surface area contributed by atoms with Gasteiger partial charge in [0, 0.05) is 22.0 Å². The average Bonchev–Trinajstić information content (AvgIpc) is 2.73. The van der Waals surface area contributed by atoms with Gasteiger partial charge in [-0.15, -0.1) is 0 Å². The lowest BCUT2D eigenvalue weighted by Crippen LogP contribution is -1.95. The number of ether oxygens (including phenoxy) is 2. The largest absolute Gasteiger partial charge is 0.504 e. The van der Waals surface area contributed by atoms with E-state index in [1.165, 1.54) is 13.2 Å². The lowest BCUT2D eigenvalue weighted by atomic mass is 9.98. The molecular formula is C23H18ClNO3. The van der Waals surface area contributed by atoms with Gasteiger partial charge in [-0.25, -0.2) is 4.98 Å². The van der Waals surface area contributed by atoms with Crippen LogP contribution in [0.3, 0.4) is 0 Å². The average molecular weight is 392 g/mol. The second kappa shape index (κ2) is 7.41. The van der Waals surface area contributed by atoms with Crippen LogP contribution in [0.4, 0.5) is 0 Å². The Morgan fingerprint density at radius 3 is 2.29 bits per heavy atom. The predicted octanol–water partition coefficient (Wildman–Crippen LogP) is 5.95. The number of methoxy groups -OCH3 is 2. The molecule has 0 fully saturated rings. The van der Waals surface area contributed by atoms with Crippen molar-refractivity contribution in [2.45, 2.75) is 0 Å². The van der Waals surface area contributed by atoms with E-state index >= 15 is 0 Å². The van der Waals surface area contributed by atoms with Crippen LogP contribution in [-0.2, 0) is 0 Å². The number of benzene rings is 3. The fourth-order valence-electron chi connectivity index (χ4n) is 3.27. The summed E-state index contributed by atoms with van der Waals surface area (Å²) in [6.45, 7) is 0. The number of halogens is 1. The van der Waals surface area contributed by atoms with Crippen LogP contribution in [0.25, 0.3) is 33.3 Å². The van der Waals surface area contributed by atoms with Gasteiger partial charge >= 0.3 is 0 Å². The summed E-state index contributed by atoms with van der Waals surface area (Å²) >= 11 is 6.25. The topological polar surface area (TPSA) is 51.6 Å². The van der Waals surface area contributed by atoms with Crippen molar-refractivity contribution in [1.29, 1.82) is 0 Å². The van der Waals surface area contributed by atoms with Crippen LogP contribution in [0.5, 0.6) is 17.2 Å². The summed E-state index contributed by atoms with van der Waals surface area (Å²) in [5.41, 5.74) is 4.32. The maximum Gasteiger partial charge on any atom is 0.161 e. The molecule has 0 bridgehead atoms. The first kappa shape index (κ1) is 18.1. The molecule has 0 spiro atoms. The molecule has 5 heteroatoms. The molecule has 0 saturated heterocycles. The Bertz CT molecular complexity index is 1160. The van der Waals surface area contributed by atoms with Gasteiger partial charge < -0.3 is 14.6 Å². The van der Waals surface area contributed by atoms with E-state index < -0.39 is 0 Å². The van der Waals surface area contributed by atoms with Gasteiger partial charge in [-0.2, -0.15) is 0 Å². The van der Waals surface area contributed by atoms with Crippen LogP contribution >= 0.6 is 11.6 Å². The highest BCUT2D eigenvalue weighted by Crippen LogP contribution is 2.41. The monoisotopic (exact) mass is 391 g/mol. The van der Waals surface area contributed by atoms with E-state index in [9.17, 15) is 5.11 Å². The highest BCUT2D eigenvalue weighted by molar-refractivity contribution is 6.31. The molecule has 140 valence electrons. The number of phenols is 1. The van der Waals surface area contributed by atoms with Crippen molar-refractivity contribution in [1.82, 2.24) is 4.98 Å². The standard InChI is InChI=1S/C23H18ClNO3/c1-27-22-13-21(26)23(28-2)12-18(22)20-11-16(14-6-4-3-5-7-14)17-10-15(24)8-9-19(17)25-20/h3-13,26H,1-2H3. The molecular weight excluding hydrogens is 374 g/mol. The predicted molar refractivity (Wildman–Crippen MR) is 112 cm³/mol. The molecule has 0 saturated carbocycles. The first-order valence-corrected chi connectivity index (χ1v) is 9.09. The minimum Gasteiger partial charge on any atom is -0.504 e. The Kier molecular flexibility index (Phi) is 4.80. The Morgan fingerprint density at radius 1 is 0.821 bits per heavy atom. The minimum atomic E-state index is 0.0129. The second-order valence-electron chi connectivity index (χ2n) is 6.31. The first-order chi connectivity index (χ1) is 13.6. The highest BCUT2D eigenvalue weighted by Gasteiger charge is 2.16. The van der Waals surface area contributed by atoms with E-state index in [0.717, 1.165) is 27.6 Å². The second-order valence-corrected chi connectivity index (χ2v) is 6.74. The summed E-state index contributed by atoms with van der Waals surface area (Å²) in [6, 6.07) is 21.0. The number of nitrogens with zero attached hydrogens (tertiary/aromatic N) is 1. The number of fused-ring (bicyclic) bond motifs is 1. The summed E-state index contributed by atoms with van der Waals surface area (Å²) in [6.07, 6.45) is 0. The normalized spacial score (nSPS) is 10.8. The van der Waals surface area contributed by atoms with Gasteiger partial charge in [0.2, 0.25) is 0 Å². The molecule has 0 aliphatic heterocycles. The van der Waals surface area contributed by atoms with Crippen LogP contribution in [0.1, 0.15) is 0 Å². The smallest absolute Gasteiger partial charge is 0.161 e. The molecule has 4 nitrogen and oxygen atoms in total. The Morgan fingerprint density at radius 2 is 1.57 bits per heavy atom. The van der Waals surface area contributed by atoms with Gasteiger partial charge in [0.05, 0.1) is 25.4 Å². The maximum absolute atomic E-state index is 10.1. The molecule has 4 aromatic rings. The third-order valence-electron chi connectivity index (χ3n) is 4.63. The SMILES string of the molecule is COc1cc(-c2cc(-c3ccccc3)c3cc(Cl)ccc3n2)c(OC)cc1O. The van der Waals surface area contributed by atoms with Gasteiger partial charge in [0.15, 0.2) is 11.5 Å². The van der Waals surface area contributed by atoms with Crippen molar-refractivity contribution in [2.75, 3.05) is 14.2 Å². The summed E-state index contributed by atoms with van der Waals surface area (Å²) in [7, 11) is 3.07. The lowest BCUT2D eigenvalue weighted by Gasteiger charge is -2.14. The van der Waals surface area contributed by atoms with E-state index in [1.54, 1.807) is 13.2 Å². The number of pyridine rings is 1. The van der Waals surface area contributed by atoms with Crippen LogP contribution in [0, 0.1) is 0 Å². The molecule has 1 heterocycles. The van der Waals surface area contributed by atoms with E-state index in [-0.39, 0.29) is 5.75 Å². The number of hydrogen-bond donors (Lipinski definition) is 1. The van der Waals surface area contributed by atoms with E-state index in [4.69, 9.17) is 26.1 Å². The minimum absolute atomic E-state index is 0.0129. The van der Waals surface area contributed by atoms with Crippen LogP contribution in [0.15, 0.2) is 66.7 Å². The number of rotatable bonds is 4. The number of aromatic hydroxyl groups is 1. The Labute approximate surface area is 168 Å². The van der Waals surface area contributed by atoms with Gasteiger partial charge in [-0.05, 0) is 41.5 Å². The molecule has 3 aromatic carbocycles. The van der Waals surface area contributed by atoms with Crippen LogP contribution in [-0.4, -0.2) is 24.3 Å². The van der Waals surface area contributed by atoms with Crippen molar-refractivity contribution in [3.05, 3.63) is 71.8 Å². The fourth-order valence-corrected chi connectivity index (χ4v) is 3.45. The molecule has 4 rings (SSSR count). The first-order valence-electron chi connectivity index (χ1n) is 8.72. The van der Waals surface area contributed by atoms with E-state index in [2.05, 4.69) is 0 Å². The fraction of sp³-hybridized carbons (Fsp3) is 0.0870. The summed E-state index contributed by atoms with van der Waals surface area (Å²) in [5, 5.41) is 11.7. The van der Waals surface area contributed by atoms with Crippen molar-refractivity contribution in [3.8, 4) is 39.6 Å². The lowest BCUT2D eigenvalue weighted by molar-refractivity contribution is 0.366. The number of phenolic OH excluding ortho intramolecular Hbond substituents is 1. The number of hydrogen-bond acceptors (Lipinski definition) is 4. The molecule has 1 aromatic heterocycles.